The van der Waals surface area contributed by atoms with Gasteiger partial charge in [-0.25, -0.2) is 0 Å². The average Bonchev–Trinajstić information content (AvgIpc) is 2.89. The zero-order valence-corrected chi connectivity index (χ0v) is 21.3. The van der Waals surface area contributed by atoms with Crippen molar-refractivity contribution in [2.24, 2.45) is 0 Å². The van der Waals surface area contributed by atoms with Gasteiger partial charge in [0.05, 0.1) is 11.4 Å². The molecule has 6 nitrogen and oxygen atoms in total. The van der Waals surface area contributed by atoms with Crippen LogP contribution in [0.4, 0.5) is 0 Å². The third-order valence-electron chi connectivity index (χ3n) is 6.27. The fraction of sp³-hybridized carbons (Fsp3) is 0.615. The molecular weight excluding hydrogens is 497 g/mol. The molecule has 0 aromatic heterocycles. The third-order valence-corrected chi connectivity index (χ3v) is 6.27. The Hall–Kier alpha value is -1.40. The molecular formula is C26H38N6Ru+2. The van der Waals surface area contributed by atoms with E-state index in [0.29, 0.717) is 18.1 Å². The van der Waals surface area contributed by atoms with E-state index in [9.17, 15) is 0 Å². The second kappa shape index (κ2) is 16.3. The predicted molar refractivity (Wildman–Crippen MR) is 137 cm³/mol. The van der Waals surface area contributed by atoms with Crippen molar-refractivity contribution in [3.05, 3.63) is 69.5 Å². The van der Waals surface area contributed by atoms with Crippen molar-refractivity contribution in [2.45, 2.75) is 75.9 Å². The first-order valence-corrected chi connectivity index (χ1v) is 12.3. The minimum Gasteiger partial charge on any atom is -0.686 e. The van der Waals surface area contributed by atoms with Crippen LogP contribution in [0.5, 0.6) is 0 Å². The van der Waals surface area contributed by atoms with Gasteiger partial charge in [0.2, 0.25) is 0 Å². The molecule has 7 heteroatoms. The van der Waals surface area contributed by atoms with Crippen LogP contribution in [-0.2, 0) is 19.5 Å². The summed E-state index contributed by atoms with van der Waals surface area (Å²) in [5, 5.41) is 32.4. The molecule has 3 unspecified atom stereocenters. The largest absolute Gasteiger partial charge is 6.00 e. The van der Waals surface area contributed by atoms with E-state index in [0.717, 1.165) is 26.2 Å². The molecule has 4 aliphatic heterocycles. The maximum Gasteiger partial charge on any atom is 6.00 e. The molecule has 0 spiro atoms. The number of hydrogen-bond donors (Lipinski definition) is 2. The summed E-state index contributed by atoms with van der Waals surface area (Å²) in [6.45, 7) is 4.06. The zero-order chi connectivity index (χ0) is 22.4. The first-order chi connectivity index (χ1) is 15.7. The topological polar surface area (TPSA) is 104 Å². The summed E-state index contributed by atoms with van der Waals surface area (Å²) in [6, 6.07) is 1.60. The minimum absolute atomic E-state index is 0. The Morgan fingerprint density at radius 3 is 1.61 bits per heavy atom. The number of rotatable bonds is 2. The van der Waals surface area contributed by atoms with Crippen LogP contribution in [0.2, 0.25) is 0 Å². The van der Waals surface area contributed by atoms with Crippen molar-refractivity contribution >= 4 is 11.4 Å². The monoisotopic (exact) mass is 536 g/mol. The summed E-state index contributed by atoms with van der Waals surface area (Å²) in [5.74, 6) is 0. The Labute approximate surface area is 213 Å². The van der Waals surface area contributed by atoms with Gasteiger partial charge in [-0.2, -0.15) is 17.8 Å². The molecule has 0 aromatic rings. The Morgan fingerprint density at radius 1 is 0.667 bits per heavy atom. The minimum atomic E-state index is 0. The second-order valence-corrected chi connectivity index (χ2v) is 8.76. The molecule has 0 aromatic carbocycles. The van der Waals surface area contributed by atoms with E-state index < -0.39 is 0 Å². The van der Waals surface area contributed by atoms with Gasteiger partial charge >= 0.3 is 19.5 Å². The van der Waals surface area contributed by atoms with E-state index in [-0.39, 0.29) is 30.9 Å². The molecule has 33 heavy (non-hydrogen) atoms. The van der Waals surface area contributed by atoms with Gasteiger partial charge in [0.1, 0.15) is 0 Å². The van der Waals surface area contributed by atoms with Crippen molar-refractivity contribution in [2.75, 3.05) is 26.2 Å². The number of allylic oxidation sites excluding steroid dienone is 6. The molecule has 0 amide bonds. The van der Waals surface area contributed by atoms with Crippen LogP contribution in [-0.4, -0.2) is 55.7 Å². The summed E-state index contributed by atoms with van der Waals surface area (Å²) < 4.78 is 0. The Bertz CT molecular complexity index is 670. The molecule has 178 valence electrons. The maximum atomic E-state index is 7.03. The zero-order valence-electron chi connectivity index (χ0n) is 19.6. The first kappa shape index (κ1) is 27.8. The number of hydrogen-bond acceptors (Lipinski definition) is 2. The summed E-state index contributed by atoms with van der Waals surface area (Å²) >= 11 is 0. The summed E-state index contributed by atoms with van der Waals surface area (Å²) in [5.41, 5.74) is 1.76. The molecule has 0 radical (unpaired) electrons. The normalized spacial score (nSPS) is 28.7. The van der Waals surface area contributed by atoms with E-state index in [2.05, 4.69) is 39.5 Å². The fourth-order valence-corrected chi connectivity index (χ4v) is 4.42. The van der Waals surface area contributed by atoms with Crippen LogP contribution in [0.25, 0.3) is 21.3 Å². The summed E-state index contributed by atoms with van der Waals surface area (Å²) in [6.07, 6.45) is 24.7. The molecule has 1 aliphatic carbocycles. The third kappa shape index (κ3) is 10.2. The Morgan fingerprint density at radius 2 is 1.21 bits per heavy atom. The SMILES string of the molecule is C1=CC[N-]C(C2CCCC[N-]2)=C1.C1CCC(C2CCCC[N-]2)[N-]C1.N=C1C=CC=CC1=N.[Ru+6]. The van der Waals surface area contributed by atoms with Gasteiger partial charge in [-0.1, -0.05) is 82.1 Å². The van der Waals surface area contributed by atoms with Gasteiger partial charge < -0.3 is 21.3 Å². The van der Waals surface area contributed by atoms with Crippen molar-refractivity contribution in [1.29, 1.82) is 10.8 Å². The fourth-order valence-electron chi connectivity index (χ4n) is 4.42. The van der Waals surface area contributed by atoms with Crippen LogP contribution >= 0.6 is 0 Å². The molecule has 0 saturated carbocycles. The van der Waals surface area contributed by atoms with E-state index in [1.165, 1.54) is 63.5 Å². The van der Waals surface area contributed by atoms with Gasteiger partial charge in [0.15, 0.2) is 0 Å². The molecule has 3 fully saturated rings. The van der Waals surface area contributed by atoms with E-state index >= 15 is 0 Å². The van der Waals surface area contributed by atoms with Gasteiger partial charge in [0.25, 0.3) is 0 Å². The molecule has 2 N–H and O–H groups in total. The van der Waals surface area contributed by atoms with Crippen LogP contribution in [0, 0.1) is 10.8 Å². The summed E-state index contributed by atoms with van der Waals surface area (Å²) in [7, 11) is 0. The smallest absolute Gasteiger partial charge is 0.686 e. The maximum absolute atomic E-state index is 7.03. The quantitative estimate of drug-likeness (QED) is 0.289. The van der Waals surface area contributed by atoms with Crippen LogP contribution in [0.15, 0.2) is 48.2 Å². The number of piperidine rings is 3. The predicted octanol–water partition coefficient (Wildman–Crippen LogP) is 6.73. The number of nitrogens with zero attached hydrogens (tertiary/aromatic N) is 4. The Kier molecular flexibility index (Phi) is 13.7. The standard InChI is InChI=1S/C10H18N2.C10H14N2.C6H6N2.Ru/c2*1-3-7-11-9(5-1)10-6-2-4-8-12-10;7-5-3-1-2-4-6(5)8;/h9-10H,1-8H2;1,3,5,10H,2,4,6-8H2;1-4,7-8H;/q2*-2;;+6. The molecule has 5 aliphatic rings. The molecule has 3 saturated heterocycles. The Balaban J connectivity index is 0.000000177. The van der Waals surface area contributed by atoms with Crippen molar-refractivity contribution in [3.63, 3.8) is 0 Å². The molecule has 5 rings (SSSR count). The van der Waals surface area contributed by atoms with Crippen molar-refractivity contribution < 1.29 is 19.5 Å². The van der Waals surface area contributed by atoms with Crippen molar-refractivity contribution in [3.8, 4) is 0 Å². The van der Waals surface area contributed by atoms with Crippen LogP contribution < -0.4 is 0 Å². The van der Waals surface area contributed by atoms with E-state index in [1.807, 2.05) is 0 Å². The average molecular weight is 536 g/mol. The van der Waals surface area contributed by atoms with Crippen LogP contribution in [0.3, 0.4) is 0 Å². The van der Waals surface area contributed by atoms with Crippen molar-refractivity contribution in [1.82, 2.24) is 0 Å². The second-order valence-electron chi connectivity index (χ2n) is 8.76. The summed E-state index contributed by atoms with van der Waals surface area (Å²) in [4.78, 5) is 0. The van der Waals surface area contributed by atoms with Gasteiger partial charge in [0, 0.05) is 0 Å². The van der Waals surface area contributed by atoms with Gasteiger partial charge in [-0.3, -0.25) is 10.8 Å². The van der Waals surface area contributed by atoms with Gasteiger partial charge in [-0.15, -0.1) is 38.3 Å². The molecule has 4 heterocycles. The molecule has 3 atom stereocenters. The van der Waals surface area contributed by atoms with Gasteiger partial charge in [-0.05, 0) is 12.2 Å². The van der Waals surface area contributed by atoms with Crippen LogP contribution in [0.1, 0.15) is 57.8 Å². The molecule has 0 bridgehead atoms. The van der Waals surface area contributed by atoms with E-state index in [1.54, 1.807) is 24.3 Å². The van der Waals surface area contributed by atoms with E-state index in [4.69, 9.17) is 10.8 Å². The first-order valence-electron chi connectivity index (χ1n) is 12.3. The number of nitrogens with one attached hydrogen (secondary N) is 2.